The molecule has 4 heteroatoms. The number of para-hydroxylation sites is 1. The molecule has 0 saturated carbocycles. The highest BCUT2D eigenvalue weighted by molar-refractivity contribution is 5.79. The molecule has 116 valence electrons. The van der Waals surface area contributed by atoms with E-state index in [4.69, 9.17) is 10.5 Å². The van der Waals surface area contributed by atoms with Gasteiger partial charge in [-0.3, -0.25) is 4.79 Å². The van der Waals surface area contributed by atoms with Crippen molar-refractivity contribution in [3.63, 3.8) is 0 Å². The molecule has 2 rings (SSSR count). The summed E-state index contributed by atoms with van der Waals surface area (Å²) in [6, 6.07) is 7.95. The summed E-state index contributed by atoms with van der Waals surface area (Å²) in [6.45, 7) is 8.64. The fraction of sp³-hybridized carbons (Fsp3) is 0.588. The van der Waals surface area contributed by atoms with Gasteiger partial charge in [0.15, 0.2) is 0 Å². The maximum atomic E-state index is 12.7. The number of nitrogens with two attached hydrogens (primary N) is 1. The van der Waals surface area contributed by atoms with Gasteiger partial charge < -0.3 is 15.4 Å². The third-order valence-corrected chi connectivity index (χ3v) is 4.09. The molecule has 0 aliphatic carbocycles. The summed E-state index contributed by atoms with van der Waals surface area (Å²) in [5, 5.41) is 0. The van der Waals surface area contributed by atoms with Gasteiger partial charge in [-0.2, -0.15) is 0 Å². The normalized spacial score (nSPS) is 17.8. The molecule has 1 atom stereocenters. The third kappa shape index (κ3) is 3.76. The molecular formula is C17H26N2O2. The molecule has 1 aromatic carbocycles. The van der Waals surface area contributed by atoms with Crippen LogP contribution in [0.25, 0.3) is 0 Å². The van der Waals surface area contributed by atoms with E-state index in [0.717, 1.165) is 17.7 Å². The molecule has 1 aliphatic rings. The zero-order chi connectivity index (χ0) is 15.5. The van der Waals surface area contributed by atoms with E-state index in [-0.39, 0.29) is 17.2 Å². The van der Waals surface area contributed by atoms with Crippen LogP contribution in [0.15, 0.2) is 24.3 Å². The van der Waals surface area contributed by atoms with Gasteiger partial charge in [0, 0.05) is 13.1 Å². The average molecular weight is 290 g/mol. The van der Waals surface area contributed by atoms with Crippen LogP contribution in [0.5, 0.6) is 5.75 Å². The van der Waals surface area contributed by atoms with Crippen molar-refractivity contribution < 1.29 is 9.53 Å². The molecule has 0 bridgehead atoms. The number of rotatable bonds is 5. The molecule has 0 saturated heterocycles. The van der Waals surface area contributed by atoms with E-state index in [1.165, 1.54) is 0 Å². The molecule has 1 unspecified atom stereocenters. The molecule has 21 heavy (non-hydrogen) atoms. The van der Waals surface area contributed by atoms with Crippen LogP contribution in [0.2, 0.25) is 0 Å². The minimum Gasteiger partial charge on any atom is -0.492 e. The maximum Gasteiger partial charge on any atom is 0.229 e. The van der Waals surface area contributed by atoms with Crippen molar-refractivity contribution in [3.8, 4) is 5.75 Å². The number of fused-ring (bicyclic) bond motifs is 1. The predicted molar refractivity (Wildman–Crippen MR) is 84.2 cm³/mol. The highest BCUT2D eigenvalue weighted by Gasteiger charge is 2.31. The van der Waals surface area contributed by atoms with Crippen LogP contribution in [-0.2, 0) is 11.2 Å². The quantitative estimate of drug-likeness (QED) is 0.903. The summed E-state index contributed by atoms with van der Waals surface area (Å²) in [5.41, 5.74) is 6.85. The van der Waals surface area contributed by atoms with E-state index in [9.17, 15) is 4.79 Å². The number of carbonyl (C=O) groups excluding carboxylic acids is 1. The Balaban J connectivity index is 2.06. The molecule has 0 spiro atoms. The molecular weight excluding hydrogens is 264 g/mol. The Labute approximate surface area is 127 Å². The molecule has 0 radical (unpaired) electrons. The van der Waals surface area contributed by atoms with Crippen molar-refractivity contribution in [2.75, 3.05) is 26.2 Å². The topological polar surface area (TPSA) is 55.6 Å². The van der Waals surface area contributed by atoms with Crippen molar-refractivity contribution in [2.45, 2.75) is 27.2 Å². The fourth-order valence-electron chi connectivity index (χ4n) is 2.67. The molecule has 0 aromatic heterocycles. The standard InChI is InChI=1S/C17H26N2O2/c1-4-19(12-17(2,3)11-18)16(20)14-9-13-7-5-6-8-15(13)21-10-14/h5-8,14H,4,9-12,18H2,1-3H3. The second-order valence-corrected chi connectivity index (χ2v) is 6.54. The van der Waals surface area contributed by atoms with Gasteiger partial charge >= 0.3 is 0 Å². The number of amides is 1. The lowest BCUT2D eigenvalue weighted by Crippen LogP contribution is -2.46. The van der Waals surface area contributed by atoms with E-state index >= 15 is 0 Å². The first kappa shape index (κ1) is 15.8. The number of nitrogens with zero attached hydrogens (tertiary/aromatic N) is 1. The second-order valence-electron chi connectivity index (χ2n) is 6.54. The first-order valence-electron chi connectivity index (χ1n) is 7.66. The number of ether oxygens (including phenoxy) is 1. The Morgan fingerprint density at radius 2 is 2.14 bits per heavy atom. The third-order valence-electron chi connectivity index (χ3n) is 4.09. The van der Waals surface area contributed by atoms with Crippen LogP contribution in [0.4, 0.5) is 0 Å². The van der Waals surface area contributed by atoms with Gasteiger partial charge in [-0.15, -0.1) is 0 Å². The first-order chi connectivity index (χ1) is 9.96. The number of hydrogen-bond acceptors (Lipinski definition) is 3. The van der Waals surface area contributed by atoms with E-state index in [2.05, 4.69) is 13.8 Å². The van der Waals surface area contributed by atoms with Crippen LogP contribution < -0.4 is 10.5 Å². The number of hydrogen-bond donors (Lipinski definition) is 1. The van der Waals surface area contributed by atoms with Crippen LogP contribution in [0.3, 0.4) is 0 Å². The lowest BCUT2D eigenvalue weighted by atomic mass is 9.91. The lowest BCUT2D eigenvalue weighted by molar-refractivity contribution is -0.138. The first-order valence-corrected chi connectivity index (χ1v) is 7.66. The Kier molecular flexibility index (Phi) is 4.88. The Morgan fingerprint density at radius 3 is 2.81 bits per heavy atom. The summed E-state index contributed by atoms with van der Waals surface area (Å²) in [5.74, 6) is 0.994. The van der Waals surface area contributed by atoms with Gasteiger partial charge in [0.2, 0.25) is 5.91 Å². The number of benzene rings is 1. The smallest absolute Gasteiger partial charge is 0.229 e. The van der Waals surface area contributed by atoms with Gasteiger partial charge in [0.25, 0.3) is 0 Å². The molecule has 1 heterocycles. The average Bonchev–Trinajstić information content (AvgIpc) is 2.51. The maximum absolute atomic E-state index is 12.7. The van der Waals surface area contributed by atoms with Gasteiger partial charge in [0.1, 0.15) is 12.4 Å². The van der Waals surface area contributed by atoms with Crippen molar-refractivity contribution in [1.29, 1.82) is 0 Å². The summed E-state index contributed by atoms with van der Waals surface area (Å²) in [6.07, 6.45) is 0.758. The molecule has 1 amide bonds. The molecule has 4 nitrogen and oxygen atoms in total. The monoisotopic (exact) mass is 290 g/mol. The van der Waals surface area contributed by atoms with Crippen LogP contribution in [-0.4, -0.2) is 37.0 Å². The van der Waals surface area contributed by atoms with Gasteiger partial charge in [-0.25, -0.2) is 0 Å². The zero-order valence-corrected chi connectivity index (χ0v) is 13.3. The highest BCUT2D eigenvalue weighted by Crippen LogP contribution is 2.28. The van der Waals surface area contributed by atoms with Crippen LogP contribution >= 0.6 is 0 Å². The van der Waals surface area contributed by atoms with E-state index < -0.39 is 0 Å². The lowest BCUT2D eigenvalue weighted by Gasteiger charge is -2.34. The van der Waals surface area contributed by atoms with Crippen molar-refractivity contribution in [1.82, 2.24) is 4.90 Å². The van der Waals surface area contributed by atoms with Crippen molar-refractivity contribution in [3.05, 3.63) is 29.8 Å². The minimum absolute atomic E-state index is 0.0564. The molecule has 0 fully saturated rings. The van der Waals surface area contributed by atoms with E-state index in [1.54, 1.807) is 0 Å². The van der Waals surface area contributed by atoms with Crippen LogP contribution in [0.1, 0.15) is 26.3 Å². The summed E-state index contributed by atoms with van der Waals surface area (Å²) in [4.78, 5) is 14.6. The number of carbonyl (C=O) groups is 1. The molecule has 1 aliphatic heterocycles. The predicted octanol–water partition coefficient (Wildman–Crippen LogP) is 2.07. The summed E-state index contributed by atoms with van der Waals surface area (Å²) < 4.78 is 5.74. The van der Waals surface area contributed by atoms with Gasteiger partial charge in [-0.05, 0) is 36.9 Å². The Morgan fingerprint density at radius 1 is 1.43 bits per heavy atom. The molecule has 1 aromatic rings. The zero-order valence-electron chi connectivity index (χ0n) is 13.3. The molecule has 2 N–H and O–H groups in total. The minimum atomic E-state index is -0.0894. The summed E-state index contributed by atoms with van der Waals surface area (Å²) in [7, 11) is 0. The Bertz CT molecular complexity index is 499. The van der Waals surface area contributed by atoms with Gasteiger partial charge in [-0.1, -0.05) is 32.0 Å². The van der Waals surface area contributed by atoms with Crippen molar-refractivity contribution >= 4 is 5.91 Å². The second kappa shape index (κ2) is 6.48. The largest absolute Gasteiger partial charge is 0.492 e. The van der Waals surface area contributed by atoms with E-state index in [1.807, 2.05) is 36.1 Å². The SMILES string of the molecule is CCN(CC(C)(C)CN)C(=O)C1COc2ccccc2C1. The fourth-order valence-corrected chi connectivity index (χ4v) is 2.67. The Hall–Kier alpha value is -1.55. The van der Waals surface area contributed by atoms with Gasteiger partial charge in [0.05, 0.1) is 5.92 Å². The van der Waals surface area contributed by atoms with E-state index in [0.29, 0.717) is 26.2 Å². The van der Waals surface area contributed by atoms with Crippen LogP contribution in [0, 0.1) is 11.3 Å². The highest BCUT2D eigenvalue weighted by atomic mass is 16.5. The van der Waals surface area contributed by atoms with Crippen molar-refractivity contribution in [2.24, 2.45) is 17.1 Å². The summed E-state index contributed by atoms with van der Waals surface area (Å²) >= 11 is 0.